The first kappa shape index (κ1) is 28.4. The Hall–Kier alpha value is -3.22. The summed E-state index contributed by atoms with van der Waals surface area (Å²) in [6, 6.07) is 13.6. The van der Waals surface area contributed by atoms with Gasteiger partial charge in [0.2, 0.25) is 0 Å². The fourth-order valence-corrected chi connectivity index (χ4v) is 4.34. The summed E-state index contributed by atoms with van der Waals surface area (Å²) in [5.74, 6) is 0.333. The van der Waals surface area contributed by atoms with E-state index in [0.717, 1.165) is 35.6 Å². The lowest BCUT2D eigenvalue weighted by molar-refractivity contribution is -0.172. The number of furan rings is 1. The van der Waals surface area contributed by atoms with E-state index in [4.69, 9.17) is 13.9 Å². The van der Waals surface area contributed by atoms with Crippen LogP contribution >= 0.6 is 0 Å². The number of alkyl halides is 3. The van der Waals surface area contributed by atoms with Crippen LogP contribution in [0.25, 0.3) is 22.3 Å². The fourth-order valence-electron chi connectivity index (χ4n) is 4.34. The van der Waals surface area contributed by atoms with Gasteiger partial charge in [0, 0.05) is 28.5 Å². The molecule has 37 heavy (non-hydrogen) atoms. The van der Waals surface area contributed by atoms with Crippen LogP contribution in [-0.2, 0) is 22.4 Å². The fraction of sp³-hybridized carbons (Fsp3) is 0.433. The van der Waals surface area contributed by atoms with E-state index in [2.05, 4.69) is 38.6 Å². The molecule has 0 radical (unpaired) electrons. The Morgan fingerprint density at radius 2 is 1.84 bits per heavy atom. The smallest absolute Gasteiger partial charge is 0.389 e. The van der Waals surface area contributed by atoms with Crippen LogP contribution in [0.2, 0.25) is 0 Å². The number of carbonyl (C=O) groups is 1. The van der Waals surface area contributed by atoms with Crippen molar-refractivity contribution in [1.82, 2.24) is 0 Å². The molecule has 4 nitrogen and oxygen atoms in total. The highest BCUT2D eigenvalue weighted by atomic mass is 19.4. The maximum absolute atomic E-state index is 13.2. The molecular weight excluding hydrogens is 481 g/mol. The highest BCUT2D eigenvalue weighted by Crippen LogP contribution is 2.36. The molecule has 200 valence electrons. The van der Waals surface area contributed by atoms with Crippen molar-refractivity contribution in [2.24, 2.45) is 5.41 Å². The monoisotopic (exact) mass is 516 g/mol. The normalized spacial score (nSPS) is 13.4. The van der Waals surface area contributed by atoms with Crippen molar-refractivity contribution < 1.29 is 31.9 Å². The van der Waals surface area contributed by atoms with E-state index in [1.165, 1.54) is 37.3 Å². The van der Waals surface area contributed by atoms with E-state index >= 15 is 0 Å². The number of benzene rings is 2. The summed E-state index contributed by atoms with van der Waals surface area (Å²) in [5, 5.41) is 0.870. The van der Waals surface area contributed by atoms with Gasteiger partial charge in [-0.3, -0.25) is 0 Å². The first-order valence-corrected chi connectivity index (χ1v) is 12.7. The van der Waals surface area contributed by atoms with E-state index in [9.17, 15) is 18.0 Å². The number of halogens is 3. The number of carbonyl (C=O) groups excluding carboxylic acids is 1. The summed E-state index contributed by atoms with van der Waals surface area (Å²) < 4.78 is 56.4. The van der Waals surface area contributed by atoms with Gasteiger partial charge in [-0.25, -0.2) is 4.79 Å². The van der Waals surface area contributed by atoms with Gasteiger partial charge >= 0.3 is 12.1 Å². The minimum atomic E-state index is -4.44. The Balaban J connectivity index is 1.78. The lowest BCUT2D eigenvalue weighted by Crippen LogP contribution is -2.36. The Morgan fingerprint density at radius 3 is 2.51 bits per heavy atom. The van der Waals surface area contributed by atoms with Gasteiger partial charge in [-0.2, -0.15) is 13.2 Å². The van der Waals surface area contributed by atoms with Crippen LogP contribution in [0.15, 0.2) is 59.5 Å². The van der Waals surface area contributed by atoms with Crippen LogP contribution in [0, 0.1) is 5.41 Å². The molecule has 2 aromatic carbocycles. The second-order valence-corrected chi connectivity index (χ2v) is 9.82. The minimum Gasteiger partial charge on any atom is -0.493 e. The average molecular weight is 517 g/mol. The number of ether oxygens (including phenoxy) is 2. The van der Waals surface area contributed by atoms with Gasteiger partial charge in [0.15, 0.2) is 0 Å². The summed E-state index contributed by atoms with van der Waals surface area (Å²) in [4.78, 5) is 11.4. The third-order valence-corrected chi connectivity index (χ3v) is 6.32. The summed E-state index contributed by atoms with van der Waals surface area (Å²) in [6.45, 7) is 8.22. The molecule has 1 aromatic heterocycles. The molecule has 7 heteroatoms. The van der Waals surface area contributed by atoms with Gasteiger partial charge in [-0.05, 0) is 48.6 Å². The van der Waals surface area contributed by atoms with Gasteiger partial charge in [0.1, 0.15) is 23.7 Å². The average Bonchev–Trinajstić information content (AvgIpc) is 3.28. The lowest BCUT2D eigenvalue weighted by atomic mass is 9.88. The van der Waals surface area contributed by atoms with Crippen molar-refractivity contribution in [2.45, 2.75) is 65.5 Å². The van der Waals surface area contributed by atoms with Crippen molar-refractivity contribution in [1.29, 1.82) is 0 Å². The van der Waals surface area contributed by atoms with E-state index in [0.29, 0.717) is 11.3 Å². The van der Waals surface area contributed by atoms with E-state index < -0.39 is 30.6 Å². The maximum atomic E-state index is 13.2. The Morgan fingerprint density at radius 1 is 1.05 bits per heavy atom. The molecule has 0 saturated carbocycles. The SMILES string of the molecule is C=CC(=O)OCC(C)(COc1ccc2cc(-c3ccc(CCCCC)cc3CC)oc2c1)CC(F)(F)F. The predicted molar refractivity (Wildman–Crippen MR) is 140 cm³/mol. The number of rotatable bonds is 13. The standard InChI is InChI=1S/C30H35F3O4/c1-5-8-9-10-21-11-14-25(22(6-2)15-21)27-16-23-12-13-24(17-26(23)37-27)35-19-29(4,18-30(31,32)33)20-36-28(34)7-3/h7,11-17H,3,5-6,8-10,18-20H2,1-2,4H3. The first-order chi connectivity index (χ1) is 17.6. The highest BCUT2D eigenvalue weighted by Gasteiger charge is 2.41. The van der Waals surface area contributed by atoms with Crippen LogP contribution in [0.1, 0.15) is 57.6 Å². The molecule has 0 N–H and O–H groups in total. The van der Waals surface area contributed by atoms with Crippen molar-refractivity contribution in [3.05, 3.63) is 66.2 Å². The van der Waals surface area contributed by atoms with Crippen molar-refractivity contribution >= 4 is 16.9 Å². The third-order valence-electron chi connectivity index (χ3n) is 6.32. The number of esters is 1. The summed E-state index contributed by atoms with van der Waals surface area (Å²) >= 11 is 0. The highest BCUT2D eigenvalue weighted by molar-refractivity contribution is 5.84. The molecule has 0 aliphatic carbocycles. The number of unbranched alkanes of at least 4 members (excludes halogenated alkanes) is 2. The maximum Gasteiger partial charge on any atom is 0.389 e. The Labute approximate surface area is 216 Å². The molecule has 0 spiro atoms. The van der Waals surface area contributed by atoms with Crippen LogP contribution in [0.5, 0.6) is 5.75 Å². The predicted octanol–water partition coefficient (Wildman–Crippen LogP) is 8.46. The topological polar surface area (TPSA) is 48.7 Å². The lowest BCUT2D eigenvalue weighted by Gasteiger charge is -2.29. The molecular formula is C30H35F3O4. The molecule has 3 rings (SSSR count). The van der Waals surface area contributed by atoms with Crippen molar-refractivity contribution in [3.63, 3.8) is 0 Å². The van der Waals surface area contributed by atoms with Crippen LogP contribution in [-0.4, -0.2) is 25.4 Å². The second kappa shape index (κ2) is 12.3. The zero-order chi connectivity index (χ0) is 27.1. The molecule has 1 unspecified atom stereocenters. The number of fused-ring (bicyclic) bond motifs is 1. The van der Waals surface area contributed by atoms with Gasteiger partial charge in [0.25, 0.3) is 0 Å². The molecule has 0 fully saturated rings. The van der Waals surface area contributed by atoms with Crippen LogP contribution < -0.4 is 4.74 Å². The van der Waals surface area contributed by atoms with Crippen LogP contribution in [0.3, 0.4) is 0 Å². The second-order valence-electron chi connectivity index (χ2n) is 9.82. The zero-order valence-electron chi connectivity index (χ0n) is 21.7. The van der Waals surface area contributed by atoms with Gasteiger partial charge in [-0.1, -0.05) is 58.4 Å². The first-order valence-electron chi connectivity index (χ1n) is 12.7. The van der Waals surface area contributed by atoms with Gasteiger partial charge in [0.05, 0.1) is 13.0 Å². The molecule has 0 bridgehead atoms. The quantitative estimate of drug-likeness (QED) is 0.130. The third kappa shape index (κ3) is 8.14. The minimum absolute atomic E-state index is 0.296. The molecule has 0 aliphatic heterocycles. The molecule has 1 heterocycles. The molecule has 0 aliphatic rings. The molecule has 3 aromatic rings. The van der Waals surface area contributed by atoms with Gasteiger partial charge < -0.3 is 13.9 Å². The molecule has 0 amide bonds. The Kier molecular flexibility index (Phi) is 9.46. The van der Waals surface area contributed by atoms with Crippen LogP contribution in [0.4, 0.5) is 13.2 Å². The Bertz CT molecular complexity index is 1210. The van der Waals surface area contributed by atoms with E-state index in [-0.39, 0.29) is 6.61 Å². The number of hydrogen-bond acceptors (Lipinski definition) is 4. The van der Waals surface area contributed by atoms with E-state index in [1.54, 1.807) is 12.1 Å². The summed E-state index contributed by atoms with van der Waals surface area (Å²) in [7, 11) is 0. The van der Waals surface area contributed by atoms with Gasteiger partial charge in [-0.15, -0.1) is 0 Å². The summed E-state index contributed by atoms with van der Waals surface area (Å²) in [6.07, 6.45) is 0.818. The van der Waals surface area contributed by atoms with E-state index in [1.807, 2.05) is 12.1 Å². The number of hydrogen-bond donors (Lipinski definition) is 0. The van der Waals surface area contributed by atoms with Crippen molar-refractivity contribution in [3.8, 4) is 17.1 Å². The van der Waals surface area contributed by atoms with Crippen molar-refractivity contribution in [2.75, 3.05) is 13.2 Å². The molecule has 1 atom stereocenters. The summed E-state index contributed by atoms with van der Waals surface area (Å²) in [5.41, 5.74) is 2.68. The number of aryl methyl sites for hydroxylation is 2. The zero-order valence-corrected chi connectivity index (χ0v) is 21.7. The molecule has 0 saturated heterocycles. The largest absolute Gasteiger partial charge is 0.493 e.